The van der Waals surface area contributed by atoms with Crippen LogP contribution < -0.4 is 21.1 Å². The van der Waals surface area contributed by atoms with Crippen LogP contribution in [0.4, 0.5) is 5.69 Å². The van der Waals surface area contributed by atoms with E-state index in [1.165, 1.54) is 6.42 Å². The lowest BCUT2D eigenvalue weighted by Gasteiger charge is -2.45. The van der Waals surface area contributed by atoms with Crippen LogP contribution in [0.3, 0.4) is 0 Å². The maximum atomic E-state index is 6.38. The minimum Gasteiger partial charge on any atom is -0.495 e. The number of nitrogens with zero attached hydrogens (tertiary/aromatic N) is 3. The number of hydrogen-bond donors (Lipinski definition) is 2. The molecule has 144 valence electrons. The second-order valence-electron chi connectivity index (χ2n) is 7.44. The Hall–Kier alpha value is -3.22. The molecule has 7 heteroatoms. The van der Waals surface area contributed by atoms with Crippen molar-refractivity contribution in [2.24, 2.45) is 21.5 Å². The fraction of sp³-hybridized carbons (Fsp3) is 0.333. The van der Waals surface area contributed by atoms with Crippen molar-refractivity contribution in [1.29, 1.82) is 0 Å². The molecular weight excluding hydrogens is 354 g/mol. The second-order valence-corrected chi connectivity index (χ2v) is 7.44. The van der Waals surface area contributed by atoms with Crippen molar-refractivity contribution in [3.8, 4) is 5.75 Å². The van der Waals surface area contributed by atoms with Crippen molar-refractivity contribution in [1.82, 2.24) is 0 Å². The number of nitrogens with two attached hydrogens (primary N) is 2. The van der Waals surface area contributed by atoms with Crippen LogP contribution in [0.2, 0.25) is 0 Å². The van der Waals surface area contributed by atoms with Gasteiger partial charge in [-0.3, -0.25) is 4.90 Å². The highest BCUT2D eigenvalue weighted by molar-refractivity contribution is 6.10. The minimum absolute atomic E-state index is 0.236. The molecule has 0 bridgehead atoms. The first-order chi connectivity index (χ1) is 13.6. The second kappa shape index (κ2) is 6.15. The molecule has 1 aromatic heterocycles. The summed E-state index contributed by atoms with van der Waals surface area (Å²) in [5.74, 6) is 1.28. The number of aliphatic imine (C=N–C) groups is 2. The summed E-state index contributed by atoms with van der Waals surface area (Å²) in [5, 5.41) is 2.06. The van der Waals surface area contributed by atoms with Gasteiger partial charge in [0.2, 0.25) is 11.9 Å². The summed E-state index contributed by atoms with van der Waals surface area (Å²) >= 11 is 0. The van der Waals surface area contributed by atoms with Gasteiger partial charge in [-0.1, -0.05) is 24.6 Å². The molecule has 2 aliphatic rings. The SMILES string of the molecule is COc1cc2c(cc1N1C(N)=NC(N)=NC13CCCCC3)oc1ccccc12. The smallest absolute Gasteiger partial charge is 0.220 e. The molecule has 1 aliphatic carbocycles. The first-order valence-electron chi connectivity index (χ1n) is 9.60. The fourth-order valence-electron chi connectivity index (χ4n) is 4.55. The van der Waals surface area contributed by atoms with Crippen LogP contribution in [-0.4, -0.2) is 24.7 Å². The van der Waals surface area contributed by atoms with E-state index in [-0.39, 0.29) is 5.96 Å². The number of rotatable bonds is 2. The van der Waals surface area contributed by atoms with E-state index in [0.717, 1.165) is 53.3 Å². The molecule has 1 saturated carbocycles. The van der Waals surface area contributed by atoms with Crippen LogP contribution >= 0.6 is 0 Å². The number of methoxy groups -OCH3 is 1. The number of guanidine groups is 2. The van der Waals surface area contributed by atoms with Gasteiger partial charge < -0.3 is 20.6 Å². The van der Waals surface area contributed by atoms with Gasteiger partial charge in [0.05, 0.1) is 12.8 Å². The number of hydrogen-bond acceptors (Lipinski definition) is 7. The Morgan fingerprint density at radius 1 is 1.04 bits per heavy atom. The zero-order chi connectivity index (χ0) is 19.3. The van der Waals surface area contributed by atoms with Crippen molar-refractivity contribution >= 4 is 39.5 Å². The Labute approximate surface area is 162 Å². The molecule has 0 atom stereocenters. The van der Waals surface area contributed by atoms with E-state index in [4.69, 9.17) is 25.6 Å². The predicted molar refractivity (Wildman–Crippen MR) is 112 cm³/mol. The Kier molecular flexibility index (Phi) is 3.72. The zero-order valence-electron chi connectivity index (χ0n) is 15.8. The number of anilines is 1. The highest BCUT2D eigenvalue weighted by Crippen LogP contribution is 2.45. The van der Waals surface area contributed by atoms with E-state index >= 15 is 0 Å². The molecule has 7 nitrogen and oxygen atoms in total. The average Bonchev–Trinajstić information content (AvgIpc) is 3.04. The van der Waals surface area contributed by atoms with E-state index < -0.39 is 5.66 Å². The van der Waals surface area contributed by atoms with E-state index in [1.54, 1.807) is 7.11 Å². The fourth-order valence-corrected chi connectivity index (χ4v) is 4.55. The molecular formula is C21H23N5O2. The lowest BCUT2D eigenvalue weighted by molar-refractivity contribution is 0.303. The van der Waals surface area contributed by atoms with Crippen molar-refractivity contribution in [3.63, 3.8) is 0 Å². The predicted octanol–water partition coefficient (Wildman–Crippen LogP) is 3.70. The summed E-state index contributed by atoms with van der Waals surface area (Å²) in [6.07, 6.45) is 5.05. The molecule has 2 aromatic carbocycles. The lowest BCUT2D eigenvalue weighted by Crippen LogP contribution is -2.58. The van der Waals surface area contributed by atoms with Crippen LogP contribution in [0.25, 0.3) is 21.9 Å². The number of fused-ring (bicyclic) bond motifs is 3. The van der Waals surface area contributed by atoms with Crippen LogP contribution in [0.1, 0.15) is 32.1 Å². The standard InChI is InChI=1S/C21H23N5O2/c1-27-18-11-14-13-7-3-4-8-16(13)28-17(14)12-15(18)26-20(23)24-19(22)25-21(26)9-5-2-6-10-21/h3-4,7-8,11-12H,2,5-6,9-10H2,1H3,(H4,22,23,24,25). The summed E-state index contributed by atoms with van der Waals surface area (Å²) in [4.78, 5) is 11.0. The van der Waals surface area contributed by atoms with Crippen LogP contribution in [0, 0.1) is 0 Å². The molecule has 1 aliphatic heterocycles. The van der Waals surface area contributed by atoms with E-state index in [1.807, 2.05) is 41.3 Å². The highest BCUT2D eigenvalue weighted by Gasteiger charge is 2.43. The Morgan fingerprint density at radius 3 is 2.61 bits per heavy atom. The first kappa shape index (κ1) is 16.9. The molecule has 1 fully saturated rings. The molecule has 28 heavy (non-hydrogen) atoms. The topological polar surface area (TPSA) is 102 Å². The molecule has 4 N–H and O–H groups in total. The van der Waals surface area contributed by atoms with Gasteiger partial charge in [-0.15, -0.1) is 0 Å². The number of ether oxygens (including phenoxy) is 1. The summed E-state index contributed by atoms with van der Waals surface area (Å²) in [5.41, 5.74) is 14.3. The van der Waals surface area contributed by atoms with Gasteiger partial charge in [-0.05, 0) is 37.8 Å². The summed E-state index contributed by atoms with van der Waals surface area (Å²) in [7, 11) is 1.66. The number of benzene rings is 2. The van der Waals surface area contributed by atoms with Crippen molar-refractivity contribution < 1.29 is 9.15 Å². The molecule has 5 rings (SSSR count). The lowest BCUT2D eigenvalue weighted by atomic mass is 9.87. The Morgan fingerprint density at radius 2 is 1.82 bits per heavy atom. The van der Waals surface area contributed by atoms with Crippen LogP contribution in [0.15, 0.2) is 50.8 Å². The maximum absolute atomic E-state index is 6.38. The average molecular weight is 377 g/mol. The first-order valence-corrected chi connectivity index (χ1v) is 9.60. The largest absolute Gasteiger partial charge is 0.495 e. The van der Waals surface area contributed by atoms with E-state index in [2.05, 4.69) is 4.99 Å². The molecule has 0 radical (unpaired) electrons. The van der Waals surface area contributed by atoms with Crippen LogP contribution in [0.5, 0.6) is 5.75 Å². The normalized spacial score (nSPS) is 19.1. The van der Waals surface area contributed by atoms with Gasteiger partial charge in [0.25, 0.3) is 0 Å². The minimum atomic E-state index is -0.527. The van der Waals surface area contributed by atoms with Crippen molar-refractivity contribution in [2.75, 3.05) is 12.0 Å². The molecule has 3 aromatic rings. The number of furan rings is 1. The highest BCUT2D eigenvalue weighted by atomic mass is 16.5. The zero-order valence-corrected chi connectivity index (χ0v) is 15.8. The van der Waals surface area contributed by atoms with Gasteiger partial charge in [0, 0.05) is 16.8 Å². The van der Waals surface area contributed by atoms with E-state index in [0.29, 0.717) is 11.7 Å². The summed E-state index contributed by atoms with van der Waals surface area (Å²) in [6, 6.07) is 12.0. The van der Waals surface area contributed by atoms with Gasteiger partial charge in [0.1, 0.15) is 22.6 Å². The third kappa shape index (κ3) is 2.42. The molecule has 0 unspecified atom stereocenters. The molecule has 0 amide bonds. The van der Waals surface area contributed by atoms with Gasteiger partial charge in [0.15, 0.2) is 0 Å². The third-order valence-electron chi connectivity index (χ3n) is 5.77. The van der Waals surface area contributed by atoms with E-state index in [9.17, 15) is 0 Å². The monoisotopic (exact) mass is 377 g/mol. The van der Waals surface area contributed by atoms with Crippen molar-refractivity contribution in [2.45, 2.75) is 37.8 Å². The molecule has 1 spiro atoms. The quantitative estimate of drug-likeness (QED) is 0.709. The van der Waals surface area contributed by atoms with Crippen LogP contribution in [-0.2, 0) is 0 Å². The Bertz CT molecular complexity index is 1120. The molecule has 2 heterocycles. The maximum Gasteiger partial charge on any atom is 0.220 e. The van der Waals surface area contributed by atoms with Gasteiger partial charge in [-0.2, -0.15) is 4.99 Å². The van der Waals surface area contributed by atoms with Crippen molar-refractivity contribution in [3.05, 3.63) is 36.4 Å². The Balaban J connectivity index is 1.74. The number of para-hydroxylation sites is 1. The van der Waals surface area contributed by atoms with Gasteiger partial charge >= 0.3 is 0 Å². The summed E-state index contributed by atoms with van der Waals surface area (Å²) in [6.45, 7) is 0. The summed E-state index contributed by atoms with van der Waals surface area (Å²) < 4.78 is 11.9. The molecule has 0 saturated heterocycles. The third-order valence-corrected chi connectivity index (χ3v) is 5.77. The van der Waals surface area contributed by atoms with Gasteiger partial charge in [-0.25, -0.2) is 4.99 Å².